The van der Waals surface area contributed by atoms with E-state index in [2.05, 4.69) is 25.9 Å². The van der Waals surface area contributed by atoms with Gasteiger partial charge >= 0.3 is 6.03 Å². The Bertz CT molecular complexity index is 1320. The van der Waals surface area contributed by atoms with Gasteiger partial charge in [0.15, 0.2) is 15.7 Å². The molecule has 1 heterocycles. The van der Waals surface area contributed by atoms with Crippen LogP contribution in [0.3, 0.4) is 0 Å². The van der Waals surface area contributed by atoms with E-state index in [0.717, 1.165) is 0 Å². The normalized spacial score (nSPS) is 14.4. The van der Waals surface area contributed by atoms with Crippen molar-refractivity contribution >= 4 is 44.7 Å². The van der Waals surface area contributed by atoms with Crippen molar-refractivity contribution in [3.05, 3.63) is 59.2 Å². The number of amides is 2. The SMILES string of the molecule is CNC(=O)Nc1ccc(-c2nc(N)cc(C3(S(=O)(=O)c4ccc(NC)c(Cl)c4)CC3)n2)cc1. The number of carbonyl (C=O) groups excluding carboxylic acids is 1. The molecule has 3 aromatic rings. The maximum absolute atomic E-state index is 13.6. The monoisotopic (exact) mass is 486 g/mol. The summed E-state index contributed by atoms with van der Waals surface area (Å²) in [5.74, 6) is 0.481. The van der Waals surface area contributed by atoms with Gasteiger partial charge < -0.3 is 21.7 Å². The number of urea groups is 1. The molecule has 33 heavy (non-hydrogen) atoms. The molecule has 0 atom stereocenters. The predicted molar refractivity (Wildman–Crippen MR) is 129 cm³/mol. The third kappa shape index (κ3) is 4.19. The van der Waals surface area contributed by atoms with E-state index >= 15 is 0 Å². The number of nitrogens with two attached hydrogens (primary N) is 1. The molecule has 5 N–H and O–H groups in total. The fraction of sp³-hybridized carbons (Fsp3) is 0.227. The number of nitrogens with zero attached hydrogens (tertiary/aromatic N) is 2. The Kier molecular flexibility index (Phi) is 5.89. The summed E-state index contributed by atoms with van der Waals surface area (Å²) in [5, 5.41) is 8.39. The van der Waals surface area contributed by atoms with Gasteiger partial charge in [-0.25, -0.2) is 23.2 Å². The second kappa shape index (κ2) is 8.53. The molecule has 0 spiro atoms. The Hall–Kier alpha value is -3.37. The molecule has 172 valence electrons. The highest BCUT2D eigenvalue weighted by Gasteiger charge is 2.58. The molecular weight excluding hydrogens is 464 g/mol. The smallest absolute Gasteiger partial charge is 0.318 e. The number of hydrogen-bond acceptors (Lipinski definition) is 7. The van der Waals surface area contributed by atoms with Crippen LogP contribution in [0.2, 0.25) is 5.02 Å². The number of aromatic nitrogens is 2. The molecule has 1 aliphatic rings. The minimum Gasteiger partial charge on any atom is -0.387 e. The average Bonchev–Trinajstić information content (AvgIpc) is 3.62. The number of carbonyl (C=O) groups is 1. The first-order chi connectivity index (χ1) is 15.7. The Morgan fingerprint density at radius 3 is 2.33 bits per heavy atom. The number of nitrogens with one attached hydrogen (secondary N) is 3. The summed E-state index contributed by atoms with van der Waals surface area (Å²) in [4.78, 5) is 20.5. The summed E-state index contributed by atoms with van der Waals surface area (Å²) in [6.45, 7) is 0. The van der Waals surface area contributed by atoms with Gasteiger partial charge in [-0.15, -0.1) is 0 Å². The topological polar surface area (TPSA) is 139 Å². The van der Waals surface area contributed by atoms with E-state index in [1.807, 2.05) is 0 Å². The fourth-order valence-corrected chi connectivity index (χ4v) is 5.92. The van der Waals surface area contributed by atoms with Crippen molar-refractivity contribution in [2.45, 2.75) is 22.5 Å². The zero-order valence-electron chi connectivity index (χ0n) is 18.0. The van der Waals surface area contributed by atoms with Gasteiger partial charge in [0.05, 0.1) is 21.3 Å². The minimum atomic E-state index is -3.78. The van der Waals surface area contributed by atoms with Crippen LogP contribution in [0.25, 0.3) is 11.4 Å². The van der Waals surface area contributed by atoms with E-state index in [4.69, 9.17) is 17.3 Å². The quantitative estimate of drug-likeness (QED) is 0.417. The summed E-state index contributed by atoms with van der Waals surface area (Å²) in [5.41, 5.74) is 8.26. The molecule has 2 aromatic carbocycles. The molecule has 1 saturated carbocycles. The van der Waals surface area contributed by atoms with E-state index in [9.17, 15) is 13.2 Å². The zero-order chi connectivity index (χ0) is 23.8. The first-order valence-electron chi connectivity index (χ1n) is 10.2. The number of sulfone groups is 1. The van der Waals surface area contributed by atoms with Crippen molar-refractivity contribution < 1.29 is 13.2 Å². The van der Waals surface area contributed by atoms with E-state index in [1.165, 1.54) is 25.2 Å². The molecule has 11 heteroatoms. The molecule has 0 bridgehead atoms. The maximum Gasteiger partial charge on any atom is 0.318 e. The van der Waals surface area contributed by atoms with Crippen LogP contribution in [0.4, 0.5) is 22.0 Å². The van der Waals surface area contributed by atoms with Gasteiger partial charge in [-0.3, -0.25) is 0 Å². The first kappa shape index (κ1) is 22.8. The molecule has 0 radical (unpaired) electrons. The Morgan fingerprint density at radius 1 is 1.06 bits per heavy atom. The van der Waals surface area contributed by atoms with Crippen LogP contribution in [0.15, 0.2) is 53.4 Å². The summed E-state index contributed by atoms with van der Waals surface area (Å²) in [7, 11) is -0.542. The standard InChI is InChI=1S/C22H23ClN6O3S/c1-25-17-8-7-15(11-16(17)23)33(31,32)22(9-10-22)18-12-19(24)29-20(28-18)13-3-5-14(6-4-13)27-21(30)26-2/h3-8,11-12,25H,9-10H2,1-2H3,(H2,24,28,29)(H2,26,27,30). The van der Waals surface area contributed by atoms with Crippen molar-refractivity contribution in [2.24, 2.45) is 0 Å². The van der Waals surface area contributed by atoms with Gasteiger partial charge in [0.25, 0.3) is 0 Å². The van der Waals surface area contributed by atoms with Gasteiger partial charge in [0.1, 0.15) is 10.6 Å². The summed E-state index contributed by atoms with van der Waals surface area (Å²) < 4.78 is 26.0. The van der Waals surface area contributed by atoms with Crippen molar-refractivity contribution in [3.63, 3.8) is 0 Å². The van der Waals surface area contributed by atoms with Crippen molar-refractivity contribution in [1.82, 2.24) is 15.3 Å². The lowest BCUT2D eigenvalue weighted by Crippen LogP contribution is -2.24. The van der Waals surface area contributed by atoms with E-state index < -0.39 is 14.6 Å². The summed E-state index contributed by atoms with van der Waals surface area (Å²) in [6.07, 6.45) is 0.844. The molecule has 0 aliphatic heterocycles. The Labute approximate surface area is 196 Å². The molecule has 4 rings (SSSR count). The van der Waals surface area contributed by atoms with E-state index in [-0.39, 0.29) is 16.7 Å². The van der Waals surface area contributed by atoms with E-state index in [0.29, 0.717) is 46.3 Å². The number of anilines is 3. The molecule has 0 unspecified atom stereocenters. The number of rotatable bonds is 6. The Morgan fingerprint density at radius 2 is 1.76 bits per heavy atom. The molecule has 1 fully saturated rings. The number of hydrogen-bond donors (Lipinski definition) is 4. The maximum atomic E-state index is 13.6. The zero-order valence-corrected chi connectivity index (χ0v) is 19.6. The third-order valence-electron chi connectivity index (χ3n) is 5.58. The second-order valence-corrected chi connectivity index (χ2v) is 10.3. The fourth-order valence-electron chi connectivity index (χ4n) is 3.59. The van der Waals surface area contributed by atoms with E-state index in [1.54, 1.807) is 37.4 Å². The largest absolute Gasteiger partial charge is 0.387 e. The minimum absolute atomic E-state index is 0.132. The van der Waals surface area contributed by atoms with Crippen LogP contribution in [-0.2, 0) is 14.6 Å². The van der Waals surface area contributed by atoms with Gasteiger partial charge in [-0.05, 0) is 55.3 Å². The van der Waals surface area contributed by atoms with Gasteiger partial charge in [-0.1, -0.05) is 11.6 Å². The number of nitrogen functional groups attached to an aromatic ring is 1. The highest BCUT2D eigenvalue weighted by atomic mass is 35.5. The predicted octanol–water partition coefficient (Wildman–Crippen LogP) is 3.64. The second-order valence-electron chi connectivity index (χ2n) is 7.67. The van der Waals surface area contributed by atoms with Crippen LogP contribution in [0.5, 0.6) is 0 Å². The lowest BCUT2D eigenvalue weighted by Gasteiger charge is -2.18. The van der Waals surface area contributed by atoms with Crippen LogP contribution in [-0.4, -0.2) is 38.5 Å². The molecule has 1 aromatic heterocycles. The third-order valence-corrected chi connectivity index (χ3v) is 8.41. The Balaban J connectivity index is 1.70. The lowest BCUT2D eigenvalue weighted by molar-refractivity contribution is 0.254. The van der Waals surface area contributed by atoms with Crippen molar-refractivity contribution in [2.75, 3.05) is 30.5 Å². The highest BCUT2D eigenvalue weighted by molar-refractivity contribution is 7.92. The molecule has 0 saturated heterocycles. The van der Waals surface area contributed by atoms with Crippen molar-refractivity contribution in [3.8, 4) is 11.4 Å². The van der Waals surface area contributed by atoms with Crippen LogP contribution in [0.1, 0.15) is 18.5 Å². The van der Waals surface area contributed by atoms with Crippen LogP contribution >= 0.6 is 11.6 Å². The summed E-state index contributed by atoms with van der Waals surface area (Å²) in [6, 6.07) is 12.7. The average molecular weight is 487 g/mol. The van der Waals surface area contributed by atoms with Crippen molar-refractivity contribution in [1.29, 1.82) is 0 Å². The van der Waals surface area contributed by atoms with Gasteiger partial charge in [-0.2, -0.15) is 0 Å². The molecule has 1 aliphatic carbocycles. The van der Waals surface area contributed by atoms with Crippen LogP contribution in [0, 0.1) is 0 Å². The lowest BCUT2D eigenvalue weighted by atomic mass is 10.1. The molecule has 9 nitrogen and oxygen atoms in total. The molecular formula is C22H23ClN6O3S. The van der Waals surface area contributed by atoms with Gasteiger partial charge in [0, 0.05) is 31.4 Å². The molecule has 2 amide bonds. The van der Waals surface area contributed by atoms with Gasteiger partial charge in [0.2, 0.25) is 0 Å². The van der Waals surface area contributed by atoms with Crippen LogP contribution < -0.4 is 21.7 Å². The first-order valence-corrected chi connectivity index (χ1v) is 12.0. The highest BCUT2D eigenvalue weighted by Crippen LogP contribution is 2.55. The summed E-state index contributed by atoms with van der Waals surface area (Å²) >= 11 is 6.23. The number of benzene rings is 2. The number of halogens is 1.